The van der Waals surface area contributed by atoms with Gasteiger partial charge < -0.3 is 15.2 Å². The van der Waals surface area contributed by atoms with Gasteiger partial charge in [0.25, 0.3) is 0 Å². The highest BCUT2D eigenvalue weighted by Crippen LogP contribution is 2.36. The molecule has 1 aromatic carbocycles. The third-order valence-corrected chi connectivity index (χ3v) is 4.80. The molecule has 1 unspecified atom stereocenters. The number of carbonyl (C=O) groups is 2. The van der Waals surface area contributed by atoms with Gasteiger partial charge in [0.15, 0.2) is 0 Å². The fourth-order valence-corrected chi connectivity index (χ4v) is 3.60. The van der Waals surface area contributed by atoms with Crippen LogP contribution in [0.5, 0.6) is 0 Å². The molecule has 5 heteroatoms. The maximum Gasteiger partial charge on any atom is 0.305 e. The number of nitrogens with one attached hydrogen (secondary N) is 1. The van der Waals surface area contributed by atoms with Crippen LogP contribution in [0.15, 0.2) is 30.3 Å². The van der Waals surface area contributed by atoms with E-state index in [1.807, 2.05) is 6.07 Å². The first-order valence-corrected chi connectivity index (χ1v) is 8.51. The number of carboxylic acids is 1. The maximum absolute atomic E-state index is 12.6. The number of ether oxygens (including phenoxy) is 1. The highest BCUT2D eigenvalue weighted by Gasteiger charge is 2.34. The lowest BCUT2D eigenvalue weighted by atomic mass is 9.78. The van der Waals surface area contributed by atoms with Gasteiger partial charge in [-0.3, -0.25) is 9.59 Å². The zero-order valence-electron chi connectivity index (χ0n) is 14.5. The summed E-state index contributed by atoms with van der Waals surface area (Å²) < 4.78 is 5.09. The average molecular weight is 333 g/mol. The third kappa shape index (κ3) is 5.06. The summed E-state index contributed by atoms with van der Waals surface area (Å²) in [6, 6.07) is 10.4. The van der Waals surface area contributed by atoms with Gasteiger partial charge in [-0.1, -0.05) is 30.3 Å². The number of methoxy groups -OCH3 is 1. The Hall–Kier alpha value is -1.88. The predicted molar refractivity (Wildman–Crippen MR) is 91.8 cm³/mol. The van der Waals surface area contributed by atoms with Crippen LogP contribution >= 0.6 is 0 Å². The van der Waals surface area contributed by atoms with E-state index in [2.05, 4.69) is 29.6 Å². The van der Waals surface area contributed by atoms with Crippen molar-refractivity contribution >= 4 is 11.9 Å². The van der Waals surface area contributed by atoms with Crippen molar-refractivity contribution in [3.05, 3.63) is 35.9 Å². The van der Waals surface area contributed by atoms with Crippen LogP contribution in [0.3, 0.4) is 0 Å². The molecule has 1 amide bonds. The van der Waals surface area contributed by atoms with E-state index in [1.54, 1.807) is 6.92 Å². The van der Waals surface area contributed by atoms with Crippen LogP contribution in [0, 0.1) is 5.92 Å². The van der Waals surface area contributed by atoms with Crippen molar-refractivity contribution in [2.75, 3.05) is 13.7 Å². The molecule has 0 heterocycles. The zero-order chi connectivity index (χ0) is 17.6. The first-order valence-electron chi connectivity index (χ1n) is 8.51. The summed E-state index contributed by atoms with van der Waals surface area (Å²) in [5.41, 5.74) is 0.472. The number of rotatable bonds is 7. The molecule has 1 aromatic rings. The smallest absolute Gasteiger partial charge is 0.305 e. The van der Waals surface area contributed by atoms with Crippen molar-refractivity contribution in [2.45, 2.75) is 50.5 Å². The molecule has 0 bridgehead atoms. The van der Waals surface area contributed by atoms with E-state index in [-0.39, 0.29) is 24.9 Å². The molecule has 1 saturated carbocycles. The quantitative estimate of drug-likeness (QED) is 0.804. The summed E-state index contributed by atoms with van der Waals surface area (Å²) in [5, 5.41) is 12.0. The molecule has 0 aliphatic heterocycles. The van der Waals surface area contributed by atoms with Crippen molar-refractivity contribution in [3.63, 3.8) is 0 Å². The number of hydrogen-bond acceptors (Lipinski definition) is 3. The lowest BCUT2D eigenvalue weighted by Gasteiger charge is -2.33. The molecule has 5 nitrogen and oxygen atoms in total. The van der Waals surface area contributed by atoms with Crippen molar-refractivity contribution < 1.29 is 19.4 Å². The van der Waals surface area contributed by atoms with E-state index < -0.39 is 11.5 Å². The Bertz CT molecular complexity index is 552. The Morgan fingerprint density at radius 3 is 2.38 bits per heavy atom. The second-order valence-electron chi connectivity index (χ2n) is 7.01. The van der Waals surface area contributed by atoms with E-state index in [1.165, 1.54) is 12.7 Å². The Morgan fingerprint density at radius 1 is 1.21 bits per heavy atom. The predicted octanol–water partition coefficient (Wildman–Crippen LogP) is 2.96. The molecule has 24 heavy (non-hydrogen) atoms. The third-order valence-electron chi connectivity index (χ3n) is 4.80. The molecular weight excluding hydrogens is 306 g/mol. The number of aliphatic carboxylic acids is 1. The molecular formula is C19H27NO4. The topological polar surface area (TPSA) is 75.6 Å². The van der Waals surface area contributed by atoms with Crippen LogP contribution in [-0.2, 0) is 14.3 Å². The maximum atomic E-state index is 12.6. The molecule has 1 atom stereocenters. The molecule has 2 N–H and O–H groups in total. The van der Waals surface area contributed by atoms with E-state index in [9.17, 15) is 9.59 Å². The Labute approximate surface area is 143 Å². The number of benzene rings is 1. The van der Waals surface area contributed by atoms with Crippen molar-refractivity contribution in [2.24, 2.45) is 5.92 Å². The average Bonchev–Trinajstić information content (AvgIpc) is 2.55. The van der Waals surface area contributed by atoms with Gasteiger partial charge in [0.05, 0.1) is 18.6 Å². The van der Waals surface area contributed by atoms with Crippen molar-refractivity contribution in [1.82, 2.24) is 5.32 Å². The first kappa shape index (κ1) is 18.5. The van der Waals surface area contributed by atoms with Gasteiger partial charge in [0.1, 0.15) is 0 Å². The minimum Gasteiger partial charge on any atom is -0.481 e. The van der Waals surface area contributed by atoms with Crippen LogP contribution in [0.25, 0.3) is 0 Å². The summed E-state index contributed by atoms with van der Waals surface area (Å²) >= 11 is 0. The van der Waals surface area contributed by atoms with Gasteiger partial charge in [-0.2, -0.15) is 0 Å². The van der Waals surface area contributed by atoms with Gasteiger partial charge >= 0.3 is 5.97 Å². The van der Waals surface area contributed by atoms with E-state index >= 15 is 0 Å². The van der Waals surface area contributed by atoms with Crippen molar-refractivity contribution in [1.29, 1.82) is 0 Å². The first-order chi connectivity index (χ1) is 11.4. The fraction of sp³-hybridized carbons (Fsp3) is 0.579. The summed E-state index contributed by atoms with van der Waals surface area (Å²) in [6.45, 7) is 1.91. The molecule has 1 aliphatic carbocycles. The molecule has 0 saturated heterocycles. The molecule has 1 fully saturated rings. The molecule has 1 aliphatic rings. The molecule has 0 spiro atoms. The number of carboxylic acid groups (broad SMARTS) is 1. The van der Waals surface area contributed by atoms with Crippen LogP contribution in [0.1, 0.15) is 50.5 Å². The Balaban J connectivity index is 1.91. The van der Waals surface area contributed by atoms with Crippen LogP contribution in [-0.4, -0.2) is 36.2 Å². The monoisotopic (exact) mass is 333 g/mol. The second kappa shape index (κ2) is 8.29. The van der Waals surface area contributed by atoms with Gasteiger partial charge in [-0.25, -0.2) is 0 Å². The minimum absolute atomic E-state index is 0.0464. The van der Waals surface area contributed by atoms with Crippen LogP contribution in [0.4, 0.5) is 0 Å². The normalized spacial score (nSPS) is 23.2. The van der Waals surface area contributed by atoms with E-state index in [0.717, 1.165) is 25.7 Å². The second-order valence-corrected chi connectivity index (χ2v) is 7.01. The molecule has 0 aromatic heterocycles. The van der Waals surface area contributed by atoms with Gasteiger partial charge in [-0.15, -0.1) is 0 Å². The minimum atomic E-state index is -0.942. The van der Waals surface area contributed by atoms with E-state index in [0.29, 0.717) is 5.92 Å². The number of carbonyl (C=O) groups excluding carboxylic acids is 1. The Kier molecular flexibility index (Phi) is 6.37. The van der Waals surface area contributed by atoms with Gasteiger partial charge in [0, 0.05) is 13.0 Å². The van der Waals surface area contributed by atoms with E-state index in [4.69, 9.17) is 9.84 Å². The SMILES string of the molecule is COCC(C)(CC(=O)O)NC(=O)C1CCC(c2ccccc2)CC1. The summed E-state index contributed by atoms with van der Waals surface area (Å²) in [7, 11) is 1.51. The lowest BCUT2D eigenvalue weighted by Crippen LogP contribution is -2.52. The highest BCUT2D eigenvalue weighted by molar-refractivity contribution is 5.80. The van der Waals surface area contributed by atoms with Crippen molar-refractivity contribution in [3.8, 4) is 0 Å². The number of hydrogen-bond donors (Lipinski definition) is 2. The largest absolute Gasteiger partial charge is 0.481 e. The summed E-state index contributed by atoms with van der Waals surface area (Å²) in [6.07, 6.45) is 3.50. The molecule has 0 radical (unpaired) electrons. The highest BCUT2D eigenvalue weighted by atomic mass is 16.5. The number of amides is 1. The molecule has 132 valence electrons. The lowest BCUT2D eigenvalue weighted by molar-refractivity contribution is -0.140. The van der Waals surface area contributed by atoms with Crippen LogP contribution in [0.2, 0.25) is 0 Å². The van der Waals surface area contributed by atoms with Gasteiger partial charge in [0.2, 0.25) is 5.91 Å². The standard InChI is InChI=1S/C19H27NO4/c1-19(13-24-2,12-17(21)22)20-18(23)16-10-8-15(9-11-16)14-6-4-3-5-7-14/h3-7,15-16H,8-13H2,1-2H3,(H,20,23)(H,21,22). The van der Waals surface area contributed by atoms with Gasteiger partial charge in [-0.05, 0) is 44.1 Å². The zero-order valence-corrected chi connectivity index (χ0v) is 14.5. The summed E-state index contributed by atoms with van der Waals surface area (Å²) in [5.74, 6) is -0.528. The van der Waals surface area contributed by atoms with Crippen LogP contribution < -0.4 is 5.32 Å². The Morgan fingerprint density at radius 2 is 1.83 bits per heavy atom. The summed E-state index contributed by atoms with van der Waals surface area (Å²) in [4.78, 5) is 23.6. The fourth-order valence-electron chi connectivity index (χ4n) is 3.60. The molecule has 2 rings (SSSR count).